The van der Waals surface area contributed by atoms with Gasteiger partial charge in [-0.3, -0.25) is 4.68 Å². The minimum atomic E-state index is 0.855. The molecule has 0 aliphatic heterocycles. The Labute approximate surface area is 105 Å². The van der Waals surface area contributed by atoms with Crippen LogP contribution in [0.15, 0.2) is 0 Å². The number of anilines is 2. The fourth-order valence-corrected chi connectivity index (χ4v) is 2.16. The summed E-state index contributed by atoms with van der Waals surface area (Å²) in [7, 11) is 4.07. The van der Waals surface area contributed by atoms with Crippen molar-refractivity contribution in [2.45, 2.75) is 46.0 Å². The van der Waals surface area contributed by atoms with Crippen molar-refractivity contribution >= 4 is 11.5 Å². The van der Waals surface area contributed by atoms with Gasteiger partial charge >= 0.3 is 0 Å². The maximum Gasteiger partial charge on any atom is 0.150 e. The molecular weight excluding hydrogens is 212 g/mol. The van der Waals surface area contributed by atoms with Crippen LogP contribution in [0.3, 0.4) is 0 Å². The summed E-state index contributed by atoms with van der Waals surface area (Å²) in [5.41, 5.74) is 8.06. The molecule has 0 aliphatic rings. The average molecular weight is 238 g/mol. The first kappa shape index (κ1) is 13.9. The van der Waals surface area contributed by atoms with Crippen molar-refractivity contribution in [2.24, 2.45) is 7.05 Å². The van der Waals surface area contributed by atoms with Crippen LogP contribution in [-0.4, -0.2) is 23.4 Å². The molecule has 0 aromatic carbocycles. The van der Waals surface area contributed by atoms with E-state index >= 15 is 0 Å². The van der Waals surface area contributed by atoms with Gasteiger partial charge in [0.25, 0.3) is 0 Å². The Hall–Kier alpha value is -1.19. The number of aryl methyl sites for hydroxylation is 2. The van der Waals surface area contributed by atoms with Crippen molar-refractivity contribution in [1.29, 1.82) is 0 Å². The van der Waals surface area contributed by atoms with Crippen LogP contribution >= 0.6 is 0 Å². The lowest BCUT2D eigenvalue weighted by molar-refractivity contribution is 0.673. The molecule has 1 aromatic heterocycles. The molecule has 0 fully saturated rings. The number of hydrogen-bond donors (Lipinski definition) is 1. The van der Waals surface area contributed by atoms with Gasteiger partial charge in [-0.1, -0.05) is 33.1 Å². The summed E-state index contributed by atoms with van der Waals surface area (Å²) < 4.78 is 1.91. The van der Waals surface area contributed by atoms with Crippen molar-refractivity contribution in [3.63, 3.8) is 0 Å². The first-order valence-electron chi connectivity index (χ1n) is 6.64. The molecule has 98 valence electrons. The smallest absolute Gasteiger partial charge is 0.150 e. The summed E-state index contributed by atoms with van der Waals surface area (Å²) in [6, 6.07) is 0. The van der Waals surface area contributed by atoms with Crippen LogP contribution in [0.2, 0.25) is 0 Å². The second-order valence-corrected chi connectivity index (χ2v) is 4.69. The molecule has 0 bridgehead atoms. The van der Waals surface area contributed by atoms with E-state index in [0.29, 0.717) is 0 Å². The lowest BCUT2D eigenvalue weighted by Crippen LogP contribution is -2.22. The molecule has 4 nitrogen and oxygen atoms in total. The van der Waals surface area contributed by atoms with Gasteiger partial charge in [0.05, 0.1) is 11.4 Å². The average Bonchev–Trinajstić information content (AvgIpc) is 2.55. The molecule has 4 heteroatoms. The molecule has 0 atom stereocenters. The molecule has 1 rings (SSSR count). The van der Waals surface area contributed by atoms with Crippen LogP contribution in [0.25, 0.3) is 0 Å². The zero-order valence-corrected chi connectivity index (χ0v) is 11.7. The summed E-state index contributed by atoms with van der Waals surface area (Å²) >= 11 is 0. The van der Waals surface area contributed by atoms with Crippen LogP contribution in [-0.2, 0) is 13.5 Å². The highest BCUT2D eigenvalue weighted by atomic mass is 15.4. The second kappa shape index (κ2) is 6.52. The van der Waals surface area contributed by atoms with Crippen LogP contribution in [0.5, 0.6) is 0 Å². The van der Waals surface area contributed by atoms with E-state index in [4.69, 9.17) is 5.73 Å². The SMILES string of the molecule is CCCCCN(C)c1c(N)c(CCC)nn1C. The predicted molar refractivity (Wildman–Crippen MR) is 74.4 cm³/mol. The van der Waals surface area contributed by atoms with Crippen LogP contribution in [0, 0.1) is 0 Å². The van der Waals surface area contributed by atoms with Gasteiger partial charge < -0.3 is 10.6 Å². The van der Waals surface area contributed by atoms with E-state index in [0.717, 1.165) is 36.6 Å². The number of nitrogen functional groups attached to an aromatic ring is 1. The zero-order chi connectivity index (χ0) is 12.8. The van der Waals surface area contributed by atoms with E-state index < -0.39 is 0 Å². The lowest BCUT2D eigenvalue weighted by Gasteiger charge is -2.19. The molecule has 0 saturated carbocycles. The summed E-state index contributed by atoms with van der Waals surface area (Å²) in [6.07, 6.45) is 5.77. The third-order valence-electron chi connectivity index (χ3n) is 3.07. The molecule has 0 unspecified atom stereocenters. The van der Waals surface area contributed by atoms with Crippen molar-refractivity contribution < 1.29 is 0 Å². The van der Waals surface area contributed by atoms with Crippen LogP contribution < -0.4 is 10.6 Å². The molecule has 0 radical (unpaired) electrons. The maximum atomic E-state index is 6.17. The van der Waals surface area contributed by atoms with E-state index in [2.05, 4.69) is 30.9 Å². The number of unbranched alkanes of at least 4 members (excludes halogenated alkanes) is 2. The second-order valence-electron chi connectivity index (χ2n) is 4.69. The van der Waals surface area contributed by atoms with Gasteiger partial charge in [0.15, 0.2) is 0 Å². The highest BCUT2D eigenvalue weighted by molar-refractivity contribution is 5.66. The summed E-state index contributed by atoms with van der Waals surface area (Å²) in [5.74, 6) is 1.06. The lowest BCUT2D eigenvalue weighted by atomic mass is 10.2. The Balaban J connectivity index is 2.74. The minimum Gasteiger partial charge on any atom is -0.394 e. The van der Waals surface area contributed by atoms with E-state index in [1.54, 1.807) is 0 Å². The van der Waals surface area contributed by atoms with Crippen molar-refractivity contribution in [1.82, 2.24) is 9.78 Å². The third-order valence-corrected chi connectivity index (χ3v) is 3.07. The summed E-state index contributed by atoms with van der Waals surface area (Å²) in [6.45, 7) is 5.42. The molecule has 0 aliphatic carbocycles. The summed E-state index contributed by atoms with van der Waals surface area (Å²) in [4.78, 5) is 2.22. The number of aromatic nitrogens is 2. The molecule has 0 spiro atoms. The van der Waals surface area contributed by atoms with E-state index in [-0.39, 0.29) is 0 Å². The van der Waals surface area contributed by atoms with Gasteiger partial charge in [-0.25, -0.2) is 0 Å². The molecule has 2 N–H and O–H groups in total. The predicted octanol–water partition coefficient (Wildman–Crippen LogP) is 2.58. The largest absolute Gasteiger partial charge is 0.394 e. The quantitative estimate of drug-likeness (QED) is 0.743. The van der Waals surface area contributed by atoms with E-state index in [9.17, 15) is 0 Å². The van der Waals surface area contributed by atoms with Gasteiger partial charge in [0.1, 0.15) is 5.82 Å². The first-order chi connectivity index (χ1) is 8.11. The monoisotopic (exact) mass is 238 g/mol. The highest BCUT2D eigenvalue weighted by Gasteiger charge is 2.15. The van der Waals surface area contributed by atoms with E-state index in [1.165, 1.54) is 19.3 Å². The van der Waals surface area contributed by atoms with Crippen molar-refractivity contribution in [2.75, 3.05) is 24.2 Å². The summed E-state index contributed by atoms with van der Waals surface area (Å²) in [5, 5.41) is 4.50. The standard InChI is InChI=1S/C13H26N4/c1-5-7-8-10-16(3)13-12(14)11(9-6-2)15-17(13)4/h5-10,14H2,1-4H3. The number of hydrogen-bond acceptors (Lipinski definition) is 3. The molecule has 0 amide bonds. The number of rotatable bonds is 7. The Kier molecular flexibility index (Phi) is 5.32. The fraction of sp³-hybridized carbons (Fsp3) is 0.769. The molecule has 1 heterocycles. The van der Waals surface area contributed by atoms with Gasteiger partial charge in [0, 0.05) is 20.6 Å². The minimum absolute atomic E-state index is 0.855. The Morgan fingerprint density at radius 1 is 1.24 bits per heavy atom. The van der Waals surface area contributed by atoms with Gasteiger partial charge in [0.2, 0.25) is 0 Å². The zero-order valence-electron chi connectivity index (χ0n) is 11.7. The maximum absolute atomic E-state index is 6.17. The number of nitrogens with two attached hydrogens (primary N) is 1. The van der Waals surface area contributed by atoms with Gasteiger partial charge in [-0.05, 0) is 12.8 Å². The van der Waals surface area contributed by atoms with Crippen molar-refractivity contribution in [3.05, 3.63) is 5.69 Å². The van der Waals surface area contributed by atoms with Crippen LogP contribution in [0.4, 0.5) is 11.5 Å². The molecule has 17 heavy (non-hydrogen) atoms. The molecule has 0 saturated heterocycles. The Morgan fingerprint density at radius 2 is 1.94 bits per heavy atom. The normalized spacial score (nSPS) is 10.8. The fourth-order valence-electron chi connectivity index (χ4n) is 2.16. The molecule has 1 aromatic rings. The Bertz CT molecular complexity index is 343. The highest BCUT2D eigenvalue weighted by Crippen LogP contribution is 2.26. The molecular formula is C13H26N4. The van der Waals surface area contributed by atoms with Crippen LogP contribution in [0.1, 0.15) is 45.2 Å². The number of nitrogens with zero attached hydrogens (tertiary/aromatic N) is 3. The van der Waals surface area contributed by atoms with E-state index in [1.807, 2.05) is 11.7 Å². The first-order valence-corrected chi connectivity index (χ1v) is 6.64. The topological polar surface area (TPSA) is 47.1 Å². The van der Waals surface area contributed by atoms with Gasteiger partial charge in [-0.2, -0.15) is 5.10 Å². The van der Waals surface area contributed by atoms with Crippen molar-refractivity contribution in [3.8, 4) is 0 Å². The Morgan fingerprint density at radius 3 is 2.53 bits per heavy atom. The van der Waals surface area contributed by atoms with Gasteiger partial charge in [-0.15, -0.1) is 0 Å². The third kappa shape index (κ3) is 3.38.